The molecule has 1 unspecified atom stereocenters. The maximum absolute atomic E-state index is 5.76. The van der Waals surface area contributed by atoms with Crippen LogP contribution in [0.15, 0.2) is 30.5 Å². The second-order valence-electron chi connectivity index (χ2n) is 5.03. The van der Waals surface area contributed by atoms with E-state index in [-0.39, 0.29) is 6.04 Å². The van der Waals surface area contributed by atoms with Gasteiger partial charge in [-0.2, -0.15) is 0 Å². The number of nitrogens with two attached hydrogens (primary N) is 1. The minimum absolute atomic E-state index is 0.0675. The van der Waals surface area contributed by atoms with Crippen molar-refractivity contribution in [1.29, 1.82) is 0 Å². The van der Waals surface area contributed by atoms with Gasteiger partial charge in [0.1, 0.15) is 0 Å². The predicted octanol–water partition coefficient (Wildman–Crippen LogP) is 2.47. The first-order valence-corrected chi connectivity index (χ1v) is 6.30. The summed E-state index contributed by atoms with van der Waals surface area (Å²) < 4.78 is 1.82. The van der Waals surface area contributed by atoms with E-state index in [1.54, 1.807) is 0 Å². The first-order chi connectivity index (χ1) is 8.56. The average Bonchev–Trinajstić information content (AvgIpc) is 2.78. The molecule has 0 fully saturated rings. The summed E-state index contributed by atoms with van der Waals surface area (Å²) in [5.74, 6) is 0.565. The van der Waals surface area contributed by atoms with Crippen LogP contribution in [0.5, 0.6) is 0 Å². The summed E-state index contributed by atoms with van der Waals surface area (Å²) in [4.78, 5) is 0. The highest BCUT2D eigenvalue weighted by Crippen LogP contribution is 2.15. The largest absolute Gasteiger partial charge is 0.323 e. The molecule has 0 aliphatic heterocycles. The molecule has 96 valence electrons. The Morgan fingerprint density at radius 1 is 1.17 bits per heavy atom. The molecule has 1 heterocycles. The molecule has 0 aliphatic rings. The van der Waals surface area contributed by atoms with Gasteiger partial charge < -0.3 is 5.73 Å². The van der Waals surface area contributed by atoms with Gasteiger partial charge >= 0.3 is 0 Å². The number of rotatable bonds is 4. The Labute approximate surface area is 108 Å². The van der Waals surface area contributed by atoms with Crippen LogP contribution in [-0.2, 0) is 6.54 Å². The maximum Gasteiger partial charge on any atom is 0.0991 e. The molecule has 1 aromatic carbocycles. The Balaban J connectivity index is 2.08. The van der Waals surface area contributed by atoms with E-state index in [0.717, 1.165) is 12.2 Å². The van der Waals surface area contributed by atoms with Crippen LogP contribution >= 0.6 is 0 Å². The summed E-state index contributed by atoms with van der Waals surface area (Å²) in [5.41, 5.74) is 9.16. The van der Waals surface area contributed by atoms with Gasteiger partial charge in [-0.05, 0) is 24.0 Å². The zero-order valence-electron chi connectivity index (χ0n) is 11.2. The van der Waals surface area contributed by atoms with Gasteiger partial charge in [-0.25, -0.2) is 4.68 Å². The van der Waals surface area contributed by atoms with E-state index in [1.807, 2.05) is 17.8 Å². The van der Waals surface area contributed by atoms with Crippen molar-refractivity contribution in [3.05, 3.63) is 47.3 Å². The zero-order chi connectivity index (χ0) is 13.1. The fourth-order valence-corrected chi connectivity index (χ4v) is 1.79. The first-order valence-electron chi connectivity index (χ1n) is 6.30. The smallest absolute Gasteiger partial charge is 0.0991 e. The lowest BCUT2D eigenvalue weighted by Crippen LogP contribution is -2.05. The van der Waals surface area contributed by atoms with Crippen molar-refractivity contribution in [2.75, 3.05) is 0 Å². The topological polar surface area (TPSA) is 56.7 Å². The van der Waals surface area contributed by atoms with Gasteiger partial charge in [-0.15, -0.1) is 5.10 Å². The lowest BCUT2D eigenvalue weighted by molar-refractivity contribution is 0.648. The van der Waals surface area contributed by atoms with E-state index >= 15 is 0 Å². The number of nitrogens with zero attached hydrogens (tertiary/aromatic N) is 3. The highest BCUT2D eigenvalue weighted by Gasteiger charge is 2.05. The summed E-state index contributed by atoms with van der Waals surface area (Å²) in [6.07, 6.45) is 1.90. The minimum Gasteiger partial charge on any atom is -0.323 e. The van der Waals surface area contributed by atoms with Crippen LogP contribution in [0, 0.1) is 0 Å². The normalized spacial score (nSPS) is 12.9. The summed E-state index contributed by atoms with van der Waals surface area (Å²) in [6, 6.07) is 8.56. The van der Waals surface area contributed by atoms with E-state index in [2.05, 4.69) is 48.4 Å². The van der Waals surface area contributed by atoms with E-state index in [9.17, 15) is 0 Å². The van der Waals surface area contributed by atoms with Crippen molar-refractivity contribution in [1.82, 2.24) is 15.0 Å². The zero-order valence-corrected chi connectivity index (χ0v) is 11.2. The Hall–Kier alpha value is -1.68. The highest BCUT2D eigenvalue weighted by molar-refractivity contribution is 5.24. The van der Waals surface area contributed by atoms with Gasteiger partial charge in [0.05, 0.1) is 18.4 Å². The first kappa shape index (κ1) is 12.8. The molecule has 18 heavy (non-hydrogen) atoms. The van der Waals surface area contributed by atoms with Crippen LogP contribution in [-0.4, -0.2) is 15.0 Å². The molecular formula is C14H20N4. The highest BCUT2D eigenvalue weighted by atomic mass is 15.4. The Morgan fingerprint density at radius 3 is 2.33 bits per heavy atom. The van der Waals surface area contributed by atoms with Gasteiger partial charge in [0.2, 0.25) is 0 Å². The minimum atomic E-state index is -0.0675. The van der Waals surface area contributed by atoms with Gasteiger partial charge in [0, 0.05) is 6.04 Å². The van der Waals surface area contributed by atoms with E-state index < -0.39 is 0 Å². The molecule has 2 N–H and O–H groups in total. The third-order valence-corrected chi connectivity index (χ3v) is 3.01. The maximum atomic E-state index is 5.76. The van der Waals surface area contributed by atoms with Crippen molar-refractivity contribution in [3.63, 3.8) is 0 Å². The molecule has 0 radical (unpaired) electrons. The van der Waals surface area contributed by atoms with Gasteiger partial charge in [0.15, 0.2) is 0 Å². The molecule has 1 atom stereocenters. The van der Waals surface area contributed by atoms with E-state index in [4.69, 9.17) is 5.73 Å². The van der Waals surface area contributed by atoms with E-state index in [1.165, 1.54) is 11.1 Å². The van der Waals surface area contributed by atoms with Crippen LogP contribution in [0.4, 0.5) is 0 Å². The summed E-state index contributed by atoms with van der Waals surface area (Å²) in [7, 11) is 0. The number of aromatic nitrogens is 3. The van der Waals surface area contributed by atoms with Gasteiger partial charge in [-0.1, -0.05) is 43.3 Å². The molecule has 4 nitrogen and oxygen atoms in total. The Kier molecular flexibility index (Phi) is 3.77. The molecule has 0 saturated carbocycles. The Morgan fingerprint density at radius 2 is 1.83 bits per heavy atom. The van der Waals surface area contributed by atoms with Gasteiger partial charge in [0.25, 0.3) is 0 Å². The third-order valence-electron chi connectivity index (χ3n) is 3.01. The van der Waals surface area contributed by atoms with Crippen LogP contribution in [0.3, 0.4) is 0 Å². The predicted molar refractivity (Wildman–Crippen MR) is 72.3 cm³/mol. The fraction of sp³-hybridized carbons (Fsp3) is 0.429. The molecule has 0 aliphatic carbocycles. The van der Waals surface area contributed by atoms with Crippen LogP contribution in [0.1, 0.15) is 49.6 Å². The molecule has 0 saturated heterocycles. The molecule has 2 rings (SSSR count). The lowest BCUT2D eigenvalue weighted by Gasteiger charge is -2.06. The van der Waals surface area contributed by atoms with Crippen LogP contribution in [0.25, 0.3) is 0 Å². The van der Waals surface area contributed by atoms with Gasteiger partial charge in [-0.3, -0.25) is 0 Å². The van der Waals surface area contributed by atoms with Crippen molar-refractivity contribution in [2.24, 2.45) is 5.73 Å². The molecule has 0 spiro atoms. The fourth-order valence-electron chi connectivity index (χ4n) is 1.79. The summed E-state index contributed by atoms with van der Waals surface area (Å²) >= 11 is 0. The number of hydrogen-bond acceptors (Lipinski definition) is 3. The summed E-state index contributed by atoms with van der Waals surface area (Å²) in [6.45, 7) is 7.03. The molecule has 1 aromatic heterocycles. The molecule has 2 aromatic rings. The quantitative estimate of drug-likeness (QED) is 0.898. The van der Waals surface area contributed by atoms with E-state index in [0.29, 0.717) is 5.92 Å². The average molecular weight is 244 g/mol. The van der Waals surface area contributed by atoms with Crippen LogP contribution in [0.2, 0.25) is 0 Å². The molecule has 4 heteroatoms. The van der Waals surface area contributed by atoms with Crippen LogP contribution < -0.4 is 5.73 Å². The second-order valence-corrected chi connectivity index (χ2v) is 5.03. The lowest BCUT2D eigenvalue weighted by atomic mass is 10.0. The molecule has 0 bridgehead atoms. The summed E-state index contributed by atoms with van der Waals surface area (Å²) in [5, 5.41) is 8.12. The monoisotopic (exact) mass is 244 g/mol. The van der Waals surface area contributed by atoms with Crippen molar-refractivity contribution in [3.8, 4) is 0 Å². The van der Waals surface area contributed by atoms with Crippen molar-refractivity contribution >= 4 is 0 Å². The number of hydrogen-bond donors (Lipinski definition) is 1. The molecule has 0 amide bonds. The number of benzene rings is 1. The SMILES string of the molecule is CC(C)c1ccc(Cn2cc(C(C)N)nn2)cc1. The standard InChI is InChI=1S/C14H20N4/c1-10(2)13-6-4-12(5-7-13)8-18-9-14(11(3)15)16-17-18/h4-7,9-11H,8,15H2,1-3H3. The van der Waals surface area contributed by atoms with Crippen molar-refractivity contribution < 1.29 is 0 Å². The van der Waals surface area contributed by atoms with Crippen molar-refractivity contribution in [2.45, 2.75) is 39.3 Å². The third kappa shape index (κ3) is 2.96. The second kappa shape index (κ2) is 5.31. The molecular weight excluding hydrogens is 224 g/mol. The Bertz CT molecular complexity index is 497.